The van der Waals surface area contributed by atoms with E-state index >= 15 is 0 Å². The van der Waals surface area contributed by atoms with E-state index in [1.54, 1.807) is 18.2 Å². The summed E-state index contributed by atoms with van der Waals surface area (Å²) < 4.78 is 17.6. The number of nitrogens with zero attached hydrogens (tertiary/aromatic N) is 4. The zero-order valence-corrected chi connectivity index (χ0v) is 18.3. The summed E-state index contributed by atoms with van der Waals surface area (Å²) in [5, 5.41) is 22.9. The average molecular weight is 443 g/mol. The summed E-state index contributed by atoms with van der Waals surface area (Å²) in [6.07, 6.45) is 2.66. The first-order valence-corrected chi connectivity index (χ1v) is 10.5. The molecule has 1 aliphatic heterocycles. The van der Waals surface area contributed by atoms with E-state index in [0.717, 1.165) is 6.42 Å². The second kappa shape index (κ2) is 13.9. The van der Waals surface area contributed by atoms with Gasteiger partial charge in [0.15, 0.2) is 0 Å². The lowest BCUT2D eigenvalue weighted by Crippen LogP contribution is -2.57. The molecular weight excluding hydrogens is 408 g/mol. The molecule has 31 heavy (non-hydrogen) atoms. The molecule has 0 radical (unpaired) electrons. The number of aliphatic hydroxyl groups excluding tert-OH is 1. The zero-order chi connectivity index (χ0) is 22.5. The largest absolute Gasteiger partial charge is 0.396 e. The van der Waals surface area contributed by atoms with Gasteiger partial charge in [0.05, 0.1) is 51.8 Å². The molecule has 12 heteroatoms. The maximum atomic E-state index is 11.9. The molecule has 1 aromatic rings. The number of ether oxygens (including phenoxy) is 3. The molecule has 1 unspecified atom stereocenters. The molecule has 0 spiro atoms. The van der Waals surface area contributed by atoms with Crippen molar-refractivity contribution < 1.29 is 28.9 Å². The van der Waals surface area contributed by atoms with Crippen LogP contribution in [0.5, 0.6) is 0 Å². The minimum atomic E-state index is -0.192. The van der Waals surface area contributed by atoms with Crippen molar-refractivity contribution in [3.8, 4) is 0 Å². The average Bonchev–Trinajstić information content (AvgIpc) is 3.17. The van der Waals surface area contributed by atoms with Gasteiger partial charge in [-0.2, -0.15) is 0 Å². The summed E-state index contributed by atoms with van der Waals surface area (Å²) in [7, 11) is 1.63. The lowest BCUT2D eigenvalue weighted by atomic mass is 10.1. The van der Waals surface area contributed by atoms with Crippen LogP contribution in [0.3, 0.4) is 0 Å². The van der Waals surface area contributed by atoms with E-state index in [0.29, 0.717) is 51.7 Å². The normalized spacial score (nSPS) is 14.9. The second-order valence-corrected chi connectivity index (χ2v) is 7.38. The maximum absolute atomic E-state index is 11.9. The first-order chi connectivity index (χ1) is 15.0. The van der Waals surface area contributed by atoms with E-state index in [1.165, 1.54) is 4.68 Å². The predicted octanol–water partition coefficient (Wildman–Crippen LogP) is -1.01. The van der Waals surface area contributed by atoms with Crippen molar-refractivity contribution in [2.75, 3.05) is 59.7 Å². The number of nitrogens with one attached hydrogen (secondary N) is 2. The summed E-state index contributed by atoms with van der Waals surface area (Å²) in [6.45, 7) is 5.43. The van der Waals surface area contributed by atoms with Crippen LogP contribution < -0.4 is 10.6 Å². The maximum Gasteiger partial charge on any atom is 0.317 e. The monoisotopic (exact) mass is 442 g/mol. The van der Waals surface area contributed by atoms with E-state index in [2.05, 4.69) is 20.9 Å². The Morgan fingerprint density at radius 1 is 1.29 bits per heavy atom. The third kappa shape index (κ3) is 9.17. The van der Waals surface area contributed by atoms with Crippen LogP contribution in [0.2, 0.25) is 0 Å². The van der Waals surface area contributed by atoms with Crippen LogP contribution in [-0.2, 0) is 32.2 Å². The van der Waals surface area contributed by atoms with Crippen LogP contribution in [0.25, 0.3) is 0 Å². The van der Waals surface area contributed by atoms with Crippen molar-refractivity contribution in [1.82, 2.24) is 30.5 Å². The Balaban J connectivity index is 1.51. The predicted molar refractivity (Wildman–Crippen MR) is 110 cm³/mol. The first-order valence-electron chi connectivity index (χ1n) is 10.5. The van der Waals surface area contributed by atoms with Crippen molar-refractivity contribution in [1.29, 1.82) is 0 Å². The SMILES string of the molecule is CCCNC(=O)Cn1cc(COCCOCC(CO)CNC(=O)N2CC(OC)C2)nn1. The number of hydrogen-bond acceptors (Lipinski definition) is 8. The van der Waals surface area contributed by atoms with Gasteiger partial charge in [-0.3, -0.25) is 4.79 Å². The molecule has 0 saturated carbocycles. The highest BCUT2D eigenvalue weighted by molar-refractivity contribution is 5.75. The van der Waals surface area contributed by atoms with Gasteiger partial charge in [0.2, 0.25) is 5.91 Å². The van der Waals surface area contributed by atoms with Crippen LogP contribution in [0, 0.1) is 5.92 Å². The number of hydrogen-bond donors (Lipinski definition) is 3. The number of aromatic nitrogens is 3. The van der Waals surface area contributed by atoms with Crippen molar-refractivity contribution in [2.45, 2.75) is 32.6 Å². The Kier molecular flexibility index (Phi) is 11.2. The summed E-state index contributed by atoms with van der Waals surface area (Å²) in [5.74, 6) is -0.298. The number of methoxy groups -OCH3 is 1. The summed E-state index contributed by atoms with van der Waals surface area (Å²) in [5.41, 5.74) is 0.626. The van der Waals surface area contributed by atoms with E-state index in [4.69, 9.17) is 14.2 Å². The Bertz CT molecular complexity index is 666. The van der Waals surface area contributed by atoms with Gasteiger partial charge in [0, 0.05) is 32.7 Å². The number of urea groups is 1. The molecule has 12 nitrogen and oxygen atoms in total. The Morgan fingerprint density at radius 2 is 2.06 bits per heavy atom. The summed E-state index contributed by atoms with van der Waals surface area (Å²) in [4.78, 5) is 25.3. The fourth-order valence-corrected chi connectivity index (χ4v) is 2.77. The summed E-state index contributed by atoms with van der Waals surface area (Å²) >= 11 is 0. The van der Waals surface area contributed by atoms with Crippen molar-refractivity contribution in [2.24, 2.45) is 5.92 Å². The smallest absolute Gasteiger partial charge is 0.317 e. The molecule has 1 aliphatic rings. The highest BCUT2D eigenvalue weighted by atomic mass is 16.5. The van der Waals surface area contributed by atoms with Crippen molar-refractivity contribution in [3.05, 3.63) is 11.9 Å². The van der Waals surface area contributed by atoms with Gasteiger partial charge in [0.25, 0.3) is 0 Å². The molecule has 2 rings (SSSR count). The molecule has 1 aromatic heterocycles. The molecule has 1 atom stereocenters. The minimum absolute atomic E-state index is 0.0865. The number of aliphatic hydroxyl groups is 1. The molecule has 3 N–H and O–H groups in total. The van der Waals surface area contributed by atoms with Crippen molar-refractivity contribution >= 4 is 11.9 Å². The molecular formula is C19H34N6O6. The molecule has 0 aliphatic carbocycles. The van der Waals surface area contributed by atoms with Gasteiger partial charge >= 0.3 is 6.03 Å². The van der Waals surface area contributed by atoms with Crippen LogP contribution >= 0.6 is 0 Å². The van der Waals surface area contributed by atoms with Gasteiger partial charge in [0.1, 0.15) is 12.2 Å². The Labute approximate surface area is 182 Å². The van der Waals surface area contributed by atoms with E-state index in [1.807, 2.05) is 6.92 Å². The quantitative estimate of drug-likeness (QED) is 0.294. The number of rotatable bonds is 15. The van der Waals surface area contributed by atoms with Crippen LogP contribution in [0.1, 0.15) is 19.0 Å². The molecule has 1 fully saturated rings. The van der Waals surface area contributed by atoms with Crippen LogP contribution in [-0.4, -0.2) is 103 Å². The number of amides is 3. The van der Waals surface area contributed by atoms with E-state index in [-0.39, 0.29) is 43.7 Å². The molecule has 0 aromatic carbocycles. The number of carbonyl (C=O) groups is 2. The van der Waals surface area contributed by atoms with Crippen LogP contribution in [0.4, 0.5) is 4.79 Å². The van der Waals surface area contributed by atoms with Crippen LogP contribution in [0.15, 0.2) is 6.20 Å². The second-order valence-electron chi connectivity index (χ2n) is 7.38. The summed E-state index contributed by atoms with van der Waals surface area (Å²) in [6, 6.07) is -0.161. The van der Waals surface area contributed by atoms with Gasteiger partial charge in [-0.1, -0.05) is 12.1 Å². The molecule has 3 amide bonds. The molecule has 0 bridgehead atoms. The molecule has 176 valence electrons. The Morgan fingerprint density at radius 3 is 2.77 bits per heavy atom. The number of carbonyl (C=O) groups excluding carboxylic acids is 2. The van der Waals surface area contributed by atoms with Gasteiger partial charge < -0.3 is 34.9 Å². The third-order valence-corrected chi connectivity index (χ3v) is 4.71. The van der Waals surface area contributed by atoms with Gasteiger partial charge in [-0.15, -0.1) is 5.10 Å². The fraction of sp³-hybridized carbons (Fsp3) is 0.789. The highest BCUT2D eigenvalue weighted by Gasteiger charge is 2.30. The fourth-order valence-electron chi connectivity index (χ4n) is 2.77. The van der Waals surface area contributed by atoms with E-state index < -0.39 is 0 Å². The molecule has 2 heterocycles. The van der Waals surface area contributed by atoms with Crippen molar-refractivity contribution in [3.63, 3.8) is 0 Å². The Hall–Kier alpha value is -2.28. The molecule has 1 saturated heterocycles. The lowest BCUT2D eigenvalue weighted by molar-refractivity contribution is -0.121. The minimum Gasteiger partial charge on any atom is -0.396 e. The number of likely N-dealkylation sites (tertiary alicyclic amines) is 1. The van der Waals surface area contributed by atoms with E-state index in [9.17, 15) is 14.7 Å². The third-order valence-electron chi connectivity index (χ3n) is 4.71. The van der Waals surface area contributed by atoms with Gasteiger partial charge in [-0.05, 0) is 6.42 Å². The topological polar surface area (TPSA) is 140 Å². The lowest BCUT2D eigenvalue weighted by Gasteiger charge is -2.38. The first kappa shape index (κ1) is 25.0. The zero-order valence-electron chi connectivity index (χ0n) is 18.3. The highest BCUT2D eigenvalue weighted by Crippen LogP contribution is 2.10. The standard InChI is InChI=1S/C19H34N6O6/c1-3-4-20-18(27)11-25-8-16(22-23-25)14-31-6-5-30-13-15(12-26)7-21-19(28)24-9-17(10-24)29-2/h8,15,17,26H,3-7,9-14H2,1-2H3,(H,20,27)(H,21,28). The van der Waals surface area contributed by atoms with Gasteiger partial charge in [-0.25, -0.2) is 9.48 Å².